The number of nitrogens with zero attached hydrogens (tertiary/aromatic N) is 1. The maximum Gasteiger partial charge on any atom is 0.330 e. The lowest BCUT2D eigenvalue weighted by atomic mass is 9.86. The minimum Gasteiger partial charge on any atom is -0.467 e. The molecule has 116 valence electrons. The van der Waals surface area contributed by atoms with Crippen LogP contribution in [-0.2, 0) is 15.1 Å². The molecule has 1 aromatic carbocycles. The monoisotopic (exact) mass is 290 g/mol. The predicted molar refractivity (Wildman–Crippen MR) is 84.1 cm³/mol. The molecule has 1 aliphatic carbocycles. The molecule has 1 aliphatic rings. The summed E-state index contributed by atoms with van der Waals surface area (Å²) in [5.74, 6) is -0.209. The van der Waals surface area contributed by atoms with Gasteiger partial charge in [0.25, 0.3) is 0 Å². The molecule has 0 saturated heterocycles. The largest absolute Gasteiger partial charge is 0.467 e. The molecule has 0 aromatic heterocycles. The third-order valence-electron chi connectivity index (χ3n) is 4.29. The van der Waals surface area contributed by atoms with Gasteiger partial charge >= 0.3 is 5.97 Å². The smallest absolute Gasteiger partial charge is 0.330 e. The van der Waals surface area contributed by atoms with Gasteiger partial charge in [0.15, 0.2) is 0 Å². The SMILES string of the molecule is CCNC(CCN(C)C1CC1)(C(=O)OC)c1ccccc1. The molecular formula is C17H26N2O2. The fourth-order valence-electron chi connectivity index (χ4n) is 2.87. The molecular weight excluding hydrogens is 264 g/mol. The number of methoxy groups -OCH3 is 1. The minimum absolute atomic E-state index is 0.209. The van der Waals surface area contributed by atoms with Gasteiger partial charge in [0.2, 0.25) is 0 Å². The molecule has 0 radical (unpaired) electrons. The molecule has 1 fully saturated rings. The van der Waals surface area contributed by atoms with Crippen LogP contribution in [0.3, 0.4) is 0 Å². The third-order valence-corrected chi connectivity index (χ3v) is 4.29. The fraction of sp³-hybridized carbons (Fsp3) is 0.588. The number of carbonyl (C=O) groups excluding carboxylic acids is 1. The lowest BCUT2D eigenvalue weighted by Gasteiger charge is -2.34. The van der Waals surface area contributed by atoms with E-state index in [-0.39, 0.29) is 5.97 Å². The number of rotatable bonds is 8. The second-order valence-corrected chi connectivity index (χ2v) is 5.76. The fourth-order valence-corrected chi connectivity index (χ4v) is 2.87. The van der Waals surface area contributed by atoms with E-state index in [1.807, 2.05) is 37.3 Å². The van der Waals surface area contributed by atoms with E-state index in [0.29, 0.717) is 12.5 Å². The Hall–Kier alpha value is -1.39. The highest BCUT2D eigenvalue weighted by atomic mass is 16.5. The van der Waals surface area contributed by atoms with Crippen LogP contribution in [0.5, 0.6) is 0 Å². The van der Waals surface area contributed by atoms with Crippen LogP contribution in [0.25, 0.3) is 0 Å². The number of likely N-dealkylation sites (N-methyl/N-ethyl adjacent to an activating group) is 1. The molecule has 0 aliphatic heterocycles. The summed E-state index contributed by atoms with van der Waals surface area (Å²) in [6.07, 6.45) is 3.26. The van der Waals surface area contributed by atoms with Crippen molar-refractivity contribution in [1.29, 1.82) is 0 Å². The Balaban J connectivity index is 2.23. The summed E-state index contributed by atoms with van der Waals surface area (Å²) < 4.78 is 5.11. The lowest BCUT2D eigenvalue weighted by molar-refractivity contribution is -0.149. The van der Waals surface area contributed by atoms with Crippen molar-refractivity contribution in [3.05, 3.63) is 35.9 Å². The minimum atomic E-state index is -0.756. The molecule has 1 N–H and O–H groups in total. The molecule has 0 bridgehead atoms. The summed E-state index contributed by atoms with van der Waals surface area (Å²) in [5.41, 5.74) is 0.219. The third kappa shape index (κ3) is 3.63. The van der Waals surface area contributed by atoms with Crippen LogP contribution in [0.1, 0.15) is 31.7 Å². The summed E-state index contributed by atoms with van der Waals surface area (Å²) in [4.78, 5) is 14.9. The Labute approximate surface area is 127 Å². The average Bonchev–Trinajstić information content (AvgIpc) is 3.36. The van der Waals surface area contributed by atoms with E-state index in [4.69, 9.17) is 4.74 Å². The Morgan fingerprint density at radius 1 is 1.38 bits per heavy atom. The van der Waals surface area contributed by atoms with E-state index in [9.17, 15) is 4.79 Å². The van der Waals surface area contributed by atoms with Gasteiger partial charge in [0.05, 0.1) is 7.11 Å². The number of benzene rings is 1. The maximum atomic E-state index is 12.5. The van der Waals surface area contributed by atoms with Crippen molar-refractivity contribution in [2.75, 3.05) is 27.2 Å². The summed E-state index contributed by atoms with van der Waals surface area (Å²) in [6, 6.07) is 10.6. The molecule has 1 saturated carbocycles. The van der Waals surface area contributed by atoms with Crippen LogP contribution in [0.4, 0.5) is 0 Å². The van der Waals surface area contributed by atoms with Crippen LogP contribution >= 0.6 is 0 Å². The van der Waals surface area contributed by atoms with Crippen molar-refractivity contribution in [3.63, 3.8) is 0 Å². The lowest BCUT2D eigenvalue weighted by Crippen LogP contribution is -2.51. The zero-order valence-electron chi connectivity index (χ0n) is 13.3. The number of nitrogens with one attached hydrogen (secondary N) is 1. The molecule has 2 rings (SSSR count). The molecule has 21 heavy (non-hydrogen) atoms. The first-order chi connectivity index (χ1) is 10.1. The van der Waals surface area contributed by atoms with E-state index < -0.39 is 5.54 Å². The van der Waals surface area contributed by atoms with E-state index >= 15 is 0 Å². The second-order valence-electron chi connectivity index (χ2n) is 5.76. The molecule has 4 nitrogen and oxygen atoms in total. The average molecular weight is 290 g/mol. The number of carbonyl (C=O) groups is 1. The molecule has 0 spiro atoms. The van der Waals surface area contributed by atoms with Gasteiger partial charge in [-0.15, -0.1) is 0 Å². The van der Waals surface area contributed by atoms with Crippen molar-refractivity contribution < 1.29 is 9.53 Å². The van der Waals surface area contributed by atoms with Crippen molar-refractivity contribution in [2.24, 2.45) is 0 Å². The first kappa shape index (κ1) is 16.0. The zero-order chi connectivity index (χ0) is 15.3. The van der Waals surface area contributed by atoms with Crippen LogP contribution in [0.2, 0.25) is 0 Å². The van der Waals surface area contributed by atoms with Gasteiger partial charge < -0.3 is 9.64 Å². The highest BCUT2D eigenvalue weighted by molar-refractivity contribution is 5.82. The quantitative estimate of drug-likeness (QED) is 0.745. The van der Waals surface area contributed by atoms with Gasteiger partial charge in [-0.3, -0.25) is 5.32 Å². The zero-order valence-corrected chi connectivity index (χ0v) is 13.3. The normalized spacial score (nSPS) is 17.5. The van der Waals surface area contributed by atoms with E-state index in [2.05, 4.69) is 17.3 Å². The van der Waals surface area contributed by atoms with Crippen molar-refractivity contribution in [1.82, 2.24) is 10.2 Å². The van der Waals surface area contributed by atoms with Gasteiger partial charge in [-0.05, 0) is 38.4 Å². The first-order valence-electron chi connectivity index (χ1n) is 7.73. The summed E-state index contributed by atoms with van der Waals surface area (Å²) >= 11 is 0. The molecule has 1 aromatic rings. The van der Waals surface area contributed by atoms with Crippen LogP contribution in [-0.4, -0.2) is 44.2 Å². The maximum absolute atomic E-state index is 12.5. The van der Waals surface area contributed by atoms with Crippen LogP contribution in [0, 0.1) is 0 Å². The van der Waals surface area contributed by atoms with Gasteiger partial charge in [0.1, 0.15) is 5.54 Å². The number of hydrogen-bond acceptors (Lipinski definition) is 4. The van der Waals surface area contributed by atoms with Gasteiger partial charge in [0, 0.05) is 12.6 Å². The molecule has 1 unspecified atom stereocenters. The van der Waals surface area contributed by atoms with Gasteiger partial charge in [-0.25, -0.2) is 4.79 Å². The van der Waals surface area contributed by atoms with E-state index in [0.717, 1.165) is 18.7 Å². The number of hydrogen-bond donors (Lipinski definition) is 1. The highest BCUT2D eigenvalue weighted by Crippen LogP contribution is 2.30. The Bertz CT molecular complexity index is 459. The number of esters is 1. The van der Waals surface area contributed by atoms with E-state index in [1.54, 1.807) is 0 Å². The summed E-state index contributed by atoms with van der Waals surface area (Å²) in [7, 11) is 3.60. The molecule has 4 heteroatoms. The molecule has 0 heterocycles. The molecule has 1 atom stereocenters. The van der Waals surface area contributed by atoms with Gasteiger partial charge in [-0.1, -0.05) is 37.3 Å². The molecule has 0 amide bonds. The first-order valence-corrected chi connectivity index (χ1v) is 7.73. The van der Waals surface area contributed by atoms with E-state index in [1.165, 1.54) is 20.0 Å². The topological polar surface area (TPSA) is 41.6 Å². The predicted octanol–water partition coefficient (Wildman–Crippen LogP) is 2.15. The van der Waals surface area contributed by atoms with Crippen molar-refractivity contribution in [3.8, 4) is 0 Å². The Morgan fingerprint density at radius 2 is 2.05 bits per heavy atom. The van der Waals surface area contributed by atoms with Crippen molar-refractivity contribution in [2.45, 2.75) is 37.8 Å². The van der Waals surface area contributed by atoms with Gasteiger partial charge in [-0.2, -0.15) is 0 Å². The number of ether oxygens (including phenoxy) is 1. The Morgan fingerprint density at radius 3 is 2.57 bits per heavy atom. The second kappa shape index (κ2) is 7.05. The highest BCUT2D eigenvalue weighted by Gasteiger charge is 2.41. The van der Waals surface area contributed by atoms with Crippen LogP contribution in [0.15, 0.2) is 30.3 Å². The standard InChI is InChI=1S/C17H26N2O2/c1-4-18-17(16(20)21-3,14-8-6-5-7-9-14)12-13-19(2)15-10-11-15/h5-9,15,18H,4,10-13H2,1-3H3. The van der Waals surface area contributed by atoms with Crippen LogP contribution < -0.4 is 5.32 Å². The Kier molecular flexibility index (Phi) is 5.37. The van der Waals surface area contributed by atoms with Crippen molar-refractivity contribution >= 4 is 5.97 Å². The summed E-state index contributed by atoms with van der Waals surface area (Å²) in [6.45, 7) is 3.62. The summed E-state index contributed by atoms with van der Waals surface area (Å²) in [5, 5.41) is 3.38.